The molecule has 168 valence electrons. The highest BCUT2D eigenvalue weighted by Crippen LogP contribution is 2.22. The summed E-state index contributed by atoms with van der Waals surface area (Å²) in [6, 6.07) is 20.6. The second kappa shape index (κ2) is 9.72. The van der Waals surface area contributed by atoms with Crippen LogP contribution < -0.4 is 14.3 Å². The highest BCUT2D eigenvalue weighted by atomic mass is 79.9. The second-order valence-corrected chi connectivity index (χ2v) is 11.3. The number of sulfonamides is 2. The summed E-state index contributed by atoms with van der Waals surface area (Å²) in [5.41, 5.74) is 1.10. The number of nitrogens with one attached hydrogen (secondary N) is 2. The Bertz CT molecular complexity index is 1310. The van der Waals surface area contributed by atoms with Gasteiger partial charge in [-0.2, -0.15) is 0 Å². The number of nitrogens with zero attached hydrogens (tertiary/aromatic N) is 1. The van der Waals surface area contributed by atoms with Crippen LogP contribution in [0.5, 0.6) is 0 Å². The van der Waals surface area contributed by atoms with Crippen LogP contribution in [0.25, 0.3) is 0 Å². The first kappa shape index (κ1) is 23.8. The largest absolute Gasteiger partial charge is 0.325 e. The third-order valence-corrected chi connectivity index (χ3v) is 7.29. The van der Waals surface area contributed by atoms with E-state index in [1.165, 1.54) is 24.3 Å². The van der Waals surface area contributed by atoms with E-state index >= 15 is 0 Å². The van der Waals surface area contributed by atoms with Crippen LogP contribution in [0, 0.1) is 0 Å². The smallest absolute Gasteiger partial charge is 0.261 e. The second-order valence-electron chi connectivity index (χ2n) is 6.79. The fourth-order valence-electron chi connectivity index (χ4n) is 2.80. The molecule has 0 heterocycles. The van der Waals surface area contributed by atoms with E-state index in [9.17, 15) is 21.6 Å². The van der Waals surface area contributed by atoms with Gasteiger partial charge in [0.15, 0.2) is 0 Å². The number of carbonyl (C=O) groups is 1. The van der Waals surface area contributed by atoms with Gasteiger partial charge in [-0.25, -0.2) is 16.8 Å². The molecule has 1 amide bonds. The zero-order valence-electron chi connectivity index (χ0n) is 16.9. The molecule has 3 aromatic rings. The summed E-state index contributed by atoms with van der Waals surface area (Å²) in [5, 5.41) is 2.59. The van der Waals surface area contributed by atoms with Crippen molar-refractivity contribution in [3.63, 3.8) is 0 Å². The Morgan fingerprint density at radius 2 is 1.53 bits per heavy atom. The number of para-hydroxylation sites is 1. The van der Waals surface area contributed by atoms with Gasteiger partial charge in [0.25, 0.3) is 10.0 Å². The molecule has 0 aliphatic carbocycles. The maximum atomic E-state index is 12.5. The predicted molar refractivity (Wildman–Crippen MR) is 129 cm³/mol. The fraction of sp³-hybridized carbons (Fsp3) is 0.0952. The van der Waals surface area contributed by atoms with Crippen LogP contribution in [0.15, 0.2) is 88.2 Å². The molecule has 0 aliphatic rings. The standard InChI is InChI=1S/C21H20BrN3O5S2/c1-31(27,28)25(19-9-5-6-16(22)14-19)15-21(26)23-17-10-12-20(13-11-17)32(29,30)24-18-7-3-2-4-8-18/h2-14,24H,15H2,1H3,(H,23,26). The summed E-state index contributed by atoms with van der Waals surface area (Å²) in [7, 11) is -7.51. The Kier molecular flexibility index (Phi) is 7.22. The quantitative estimate of drug-likeness (QED) is 0.455. The molecule has 8 nitrogen and oxygen atoms in total. The summed E-state index contributed by atoms with van der Waals surface area (Å²) in [6.45, 7) is -0.440. The molecule has 0 radical (unpaired) electrons. The van der Waals surface area contributed by atoms with Crippen molar-refractivity contribution in [1.29, 1.82) is 0 Å². The monoisotopic (exact) mass is 537 g/mol. The molecule has 2 N–H and O–H groups in total. The highest BCUT2D eigenvalue weighted by Gasteiger charge is 2.21. The van der Waals surface area contributed by atoms with E-state index in [0.29, 0.717) is 21.5 Å². The molecular weight excluding hydrogens is 518 g/mol. The van der Waals surface area contributed by atoms with Gasteiger partial charge < -0.3 is 5.32 Å². The molecule has 3 rings (SSSR count). The lowest BCUT2D eigenvalue weighted by atomic mass is 10.3. The van der Waals surface area contributed by atoms with Gasteiger partial charge in [0.05, 0.1) is 16.8 Å². The van der Waals surface area contributed by atoms with Gasteiger partial charge >= 0.3 is 0 Å². The summed E-state index contributed by atoms with van der Waals surface area (Å²) in [5.74, 6) is -0.576. The van der Waals surface area contributed by atoms with Gasteiger partial charge in [-0.1, -0.05) is 40.2 Å². The first-order chi connectivity index (χ1) is 15.0. The Hall–Kier alpha value is -2.89. The predicted octanol–water partition coefficient (Wildman–Crippen LogP) is 3.65. The van der Waals surface area contributed by atoms with Crippen LogP contribution in [0.3, 0.4) is 0 Å². The van der Waals surface area contributed by atoms with Crippen molar-refractivity contribution in [3.8, 4) is 0 Å². The molecule has 0 unspecified atom stereocenters. The molecular formula is C21H20BrN3O5S2. The lowest BCUT2D eigenvalue weighted by Gasteiger charge is -2.22. The summed E-state index contributed by atoms with van der Waals surface area (Å²) >= 11 is 3.28. The highest BCUT2D eigenvalue weighted by molar-refractivity contribution is 9.10. The number of halogens is 1. The summed E-state index contributed by atoms with van der Waals surface area (Å²) in [6.07, 6.45) is 1.01. The van der Waals surface area contributed by atoms with E-state index in [-0.39, 0.29) is 4.90 Å². The zero-order chi connectivity index (χ0) is 23.4. The molecule has 11 heteroatoms. The average molecular weight is 538 g/mol. The molecule has 32 heavy (non-hydrogen) atoms. The minimum absolute atomic E-state index is 0.0197. The molecule has 0 spiro atoms. The van der Waals surface area contributed by atoms with Crippen LogP contribution in [-0.4, -0.2) is 35.5 Å². The topological polar surface area (TPSA) is 113 Å². The third-order valence-electron chi connectivity index (χ3n) is 4.26. The van der Waals surface area contributed by atoms with Crippen LogP contribution in [0.1, 0.15) is 0 Å². The molecule has 3 aromatic carbocycles. The average Bonchev–Trinajstić information content (AvgIpc) is 2.72. The van der Waals surface area contributed by atoms with E-state index in [4.69, 9.17) is 0 Å². The van der Waals surface area contributed by atoms with E-state index in [2.05, 4.69) is 26.0 Å². The Morgan fingerprint density at radius 3 is 2.12 bits per heavy atom. The van der Waals surface area contributed by atoms with Gasteiger partial charge in [-0.15, -0.1) is 0 Å². The molecule has 0 fully saturated rings. The van der Waals surface area contributed by atoms with Crippen molar-refractivity contribution in [1.82, 2.24) is 0 Å². The van der Waals surface area contributed by atoms with Crippen LogP contribution in [0.4, 0.5) is 17.1 Å². The Balaban J connectivity index is 1.71. The minimum atomic E-state index is -3.79. The zero-order valence-corrected chi connectivity index (χ0v) is 20.1. The lowest BCUT2D eigenvalue weighted by Crippen LogP contribution is -2.37. The Morgan fingerprint density at radius 1 is 0.875 bits per heavy atom. The van der Waals surface area contributed by atoms with Gasteiger partial charge in [-0.3, -0.25) is 13.8 Å². The van der Waals surface area contributed by atoms with Crippen LogP contribution in [0.2, 0.25) is 0 Å². The number of benzene rings is 3. The van der Waals surface area contributed by atoms with E-state index in [1.807, 2.05) is 0 Å². The minimum Gasteiger partial charge on any atom is -0.325 e. The third kappa shape index (κ3) is 6.31. The van der Waals surface area contributed by atoms with Gasteiger partial charge in [0.1, 0.15) is 6.54 Å². The van der Waals surface area contributed by atoms with Gasteiger partial charge in [-0.05, 0) is 54.6 Å². The number of rotatable bonds is 8. The van der Waals surface area contributed by atoms with Crippen LogP contribution >= 0.6 is 15.9 Å². The normalized spacial score (nSPS) is 11.6. The molecule has 0 aromatic heterocycles. The fourth-order valence-corrected chi connectivity index (χ4v) is 5.09. The number of carbonyl (C=O) groups excluding carboxylic acids is 1. The van der Waals surface area contributed by atoms with Gasteiger partial charge in [0, 0.05) is 15.8 Å². The molecule has 0 saturated carbocycles. The van der Waals surface area contributed by atoms with Crippen LogP contribution in [-0.2, 0) is 24.8 Å². The number of hydrogen-bond acceptors (Lipinski definition) is 5. The first-order valence-electron chi connectivity index (χ1n) is 9.26. The molecule has 0 bridgehead atoms. The summed E-state index contributed by atoms with van der Waals surface area (Å²) in [4.78, 5) is 12.5. The number of amides is 1. The maximum Gasteiger partial charge on any atom is 0.261 e. The Labute approximate surface area is 195 Å². The van der Waals surface area contributed by atoms with Crippen molar-refractivity contribution in [2.45, 2.75) is 4.90 Å². The van der Waals surface area contributed by atoms with E-state index in [1.54, 1.807) is 54.6 Å². The summed E-state index contributed by atoms with van der Waals surface area (Å²) < 4.78 is 53.5. The lowest BCUT2D eigenvalue weighted by molar-refractivity contribution is -0.114. The maximum absolute atomic E-state index is 12.5. The van der Waals surface area contributed by atoms with Crippen molar-refractivity contribution < 1.29 is 21.6 Å². The molecule has 0 saturated heterocycles. The van der Waals surface area contributed by atoms with Crippen molar-refractivity contribution in [2.75, 3.05) is 27.1 Å². The first-order valence-corrected chi connectivity index (χ1v) is 13.4. The van der Waals surface area contributed by atoms with E-state index < -0.39 is 32.5 Å². The number of hydrogen-bond donors (Lipinski definition) is 2. The molecule has 0 atom stereocenters. The van der Waals surface area contributed by atoms with Crippen molar-refractivity contribution in [3.05, 3.63) is 83.3 Å². The number of anilines is 3. The van der Waals surface area contributed by atoms with Gasteiger partial charge in [0.2, 0.25) is 15.9 Å². The SMILES string of the molecule is CS(=O)(=O)N(CC(=O)Nc1ccc(S(=O)(=O)Nc2ccccc2)cc1)c1cccc(Br)c1. The molecule has 0 aliphatic heterocycles. The van der Waals surface area contributed by atoms with Crippen molar-refractivity contribution >= 4 is 58.9 Å². The van der Waals surface area contributed by atoms with E-state index in [0.717, 1.165) is 10.6 Å². The van der Waals surface area contributed by atoms with Crippen molar-refractivity contribution in [2.24, 2.45) is 0 Å².